The molecule has 2 aliphatic heterocycles. The summed E-state index contributed by atoms with van der Waals surface area (Å²) in [5.74, 6) is 0.868. The van der Waals surface area contributed by atoms with Crippen molar-refractivity contribution in [2.24, 2.45) is 4.99 Å². The lowest BCUT2D eigenvalue weighted by Gasteiger charge is -2.38. The van der Waals surface area contributed by atoms with Crippen molar-refractivity contribution >= 4 is 28.8 Å². The van der Waals surface area contributed by atoms with Crippen molar-refractivity contribution in [1.82, 2.24) is 14.7 Å². The number of methoxy groups -OCH3 is 1. The molecule has 1 saturated heterocycles. The first-order chi connectivity index (χ1) is 18.4. The van der Waals surface area contributed by atoms with E-state index in [1.807, 2.05) is 61.7 Å². The minimum atomic E-state index is -0.723. The number of carbonyl (C=O) groups is 2. The number of amidine groups is 1. The molecule has 2 aliphatic rings. The normalized spacial score (nSPS) is 17.3. The number of benzene rings is 2. The van der Waals surface area contributed by atoms with Crippen LogP contribution >= 0.6 is 11.8 Å². The number of esters is 1. The molecule has 5 rings (SSSR count). The molecule has 0 spiro atoms. The summed E-state index contributed by atoms with van der Waals surface area (Å²) in [5, 5.41) is 5.57. The van der Waals surface area contributed by atoms with Gasteiger partial charge in [0.2, 0.25) is 5.91 Å². The number of thioether (sulfide) groups is 1. The highest BCUT2D eigenvalue weighted by molar-refractivity contribution is 8.14. The molecule has 0 aliphatic carbocycles. The SMILES string of the molecule is CCCOc1ccc(-c2nn(-c3ccccc3)cc2C2C(C(=O)OC)=C(C)N=C3SCCC(=O)N32)cc1C. The molecule has 196 valence electrons. The molecule has 3 heterocycles. The number of hydrogen-bond acceptors (Lipinski definition) is 7. The fourth-order valence-corrected chi connectivity index (χ4v) is 5.76. The van der Waals surface area contributed by atoms with Crippen LogP contribution in [0, 0.1) is 6.92 Å². The van der Waals surface area contributed by atoms with Gasteiger partial charge >= 0.3 is 5.97 Å². The molecule has 1 aromatic heterocycles. The van der Waals surface area contributed by atoms with Gasteiger partial charge in [-0.05, 0) is 56.2 Å². The number of amides is 1. The van der Waals surface area contributed by atoms with Gasteiger partial charge in [-0.25, -0.2) is 14.5 Å². The first-order valence-corrected chi connectivity index (χ1v) is 13.6. The van der Waals surface area contributed by atoms with E-state index in [4.69, 9.17) is 14.6 Å². The van der Waals surface area contributed by atoms with Gasteiger partial charge in [-0.2, -0.15) is 5.10 Å². The number of allylic oxidation sites excluding steroid dienone is 1. The number of ether oxygens (including phenoxy) is 2. The molecule has 1 fully saturated rings. The minimum Gasteiger partial charge on any atom is -0.493 e. The molecule has 2 aromatic carbocycles. The second-order valence-electron chi connectivity index (χ2n) is 9.19. The standard InChI is InChI=1S/C29H30N4O4S/c1-5-14-37-23-12-11-20(16-18(23)2)26-22(17-32(31-26)21-9-7-6-8-10-21)27-25(28(35)36-4)19(3)30-29-33(27)24(34)13-15-38-29/h6-12,16-17,27H,5,13-15H2,1-4H3. The van der Waals surface area contributed by atoms with Crippen LogP contribution in [0.25, 0.3) is 16.9 Å². The number of hydrogen-bond donors (Lipinski definition) is 0. The van der Waals surface area contributed by atoms with Crippen LogP contribution < -0.4 is 4.74 Å². The van der Waals surface area contributed by atoms with Crippen LogP contribution in [0.1, 0.15) is 43.9 Å². The number of para-hydroxylation sites is 1. The summed E-state index contributed by atoms with van der Waals surface area (Å²) >= 11 is 1.52. The van der Waals surface area contributed by atoms with Crippen molar-refractivity contribution in [2.45, 2.75) is 39.7 Å². The largest absolute Gasteiger partial charge is 0.493 e. The third-order valence-electron chi connectivity index (χ3n) is 6.58. The van der Waals surface area contributed by atoms with Crippen molar-refractivity contribution in [3.8, 4) is 22.7 Å². The van der Waals surface area contributed by atoms with Crippen molar-refractivity contribution in [3.63, 3.8) is 0 Å². The van der Waals surface area contributed by atoms with E-state index in [0.717, 1.165) is 34.5 Å². The van der Waals surface area contributed by atoms with Crippen molar-refractivity contribution in [1.29, 1.82) is 0 Å². The Morgan fingerprint density at radius 1 is 1.16 bits per heavy atom. The van der Waals surface area contributed by atoms with Crippen molar-refractivity contribution in [2.75, 3.05) is 19.5 Å². The van der Waals surface area contributed by atoms with E-state index >= 15 is 0 Å². The van der Waals surface area contributed by atoms with Crippen LogP contribution in [0.4, 0.5) is 0 Å². The molecule has 8 nitrogen and oxygen atoms in total. The maximum absolute atomic E-state index is 13.3. The number of nitrogens with zero attached hydrogens (tertiary/aromatic N) is 4. The average Bonchev–Trinajstić information content (AvgIpc) is 3.37. The van der Waals surface area contributed by atoms with E-state index in [1.165, 1.54) is 18.9 Å². The van der Waals surface area contributed by atoms with Gasteiger partial charge in [0.15, 0.2) is 5.17 Å². The van der Waals surface area contributed by atoms with Crippen molar-refractivity contribution in [3.05, 3.63) is 77.1 Å². The predicted molar refractivity (Wildman–Crippen MR) is 148 cm³/mol. The number of carbonyl (C=O) groups excluding carboxylic acids is 2. The van der Waals surface area contributed by atoms with Gasteiger partial charge < -0.3 is 9.47 Å². The fraction of sp³-hybridized carbons (Fsp3) is 0.310. The first kappa shape index (κ1) is 25.8. The maximum Gasteiger partial charge on any atom is 0.338 e. The molecular formula is C29H30N4O4S. The van der Waals surface area contributed by atoms with Gasteiger partial charge in [-0.3, -0.25) is 9.69 Å². The van der Waals surface area contributed by atoms with Gasteiger partial charge in [-0.1, -0.05) is 36.9 Å². The zero-order chi connectivity index (χ0) is 26.8. The van der Waals surface area contributed by atoms with E-state index < -0.39 is 12.0 Å². The molecule has 9 heteroatoms. The Morgan fingerprint density at radius 3 is 2.66 bits per heavy atom. The lowest BCUT2D eigenvalue weighted by atomic mass is 9.92. The van der Waals surface area contributed by atoms with Crippen LogP contribution in [0.3, 0.4) is 0 Å². The zero-order valence-corrected chi connectivity index (χ0v) is 22.7. The summed E-state index contributed by atoms with van der Waals surface area (Å²) in [6.07, 6.45) is 3.18. The van der Waals surface area contributed by atoms with Crippen LogP contribution in [0.15, 0.2) is 71.0 Å². The summed E-state index contributed by atoms with van der Waals surface area (Å²) in [4.78, 5) is 32.7. The van der Waals surface area contributed by atoms with Crippen LogP contribution in [-0.4, -0.2) is 51.2 Å². The number of aryl methyl sites for hydroxylation is 1. The Labute approximate surface area is 226 Å². The smallest absolute Gasteiger partial charge is 0.338 e. The van der Waals surface area contributed by atoms with Crippen LogP contribution in [-0.2, 0) is 14.3 Å². The zero-order valence-electron chi connectivity index (χ0n) is 21.9. The highest BCUT2D eigenvalue weighted by Crippen LogP contribution is 2.44. The lowest BCUT2D eigenvalue weighted by molar-refractivity contribution is -0.137. The third kappa shape index (κ3) is 4.74. The average molecular weight is 531 g/mol. The summed E-state index contributed by atoms with van der Waals surface area (Å²) in [6, 6.07) is 15.0. The highest BCUT2D eigenvalue weighted by Gasteiger charge is 2.43. The summed E-state index contributed by atoms with van der Waals surface area (Å²) < 4.78 is 12.9. The third-order valence-corrected chi connectivity index (χ3v) is 7.53. The molecule has 1 amide bonds. The van der Waals surface area contributed by atoms with Gasteiger partial charge in [0, 0.05) is 29.5 Å². The van der Waals surface area contributed by atoms with Crippen LogP contribution in [0.2, 0.25) is 0 Å². The van der Waals surface area contributed by atoms with Gasteiger partial charge in [0.1, 0.15) is 11.8 Å². The molecule has 1 unspecified atom stereocenters. The highest BCUT2D eigenvalue weighted by atomic mass is 32.2. The number of aliphatic imine (C=N–C) groups is 1. The first-order valence-electron chi connectivity index (χ1n) is 12.6. The van der Waals surface area contributed by atoms with E-state index in [9.17, 15) is 9.59 Å². The molecule has 0 radical (unpaired) electrons. The van der Waals surface area contributed by atoms with Gasteiger partial charge in [0.05, 0.1) is 36.4 Å². The predicted octanol–water partition coefficient (Wildman–Crippen LogP) is 5.46. The number of fused-ring (bicyclic) bond motifs is 1. The van der Waals surface area contributed by atoms with E-state index in [-0.39, 0.29) is 5.91 Å². The molecule has 0 N–H and O–H groups in total. The van der Waals surface area contributed by atoms with E-state index in [1.54, 1.807) is 16.5 Å². The van der Waals surface area contributed by atoms with E-state index in [2.05, 4.69) is 11.9 Å². The molecule has 0 saturated carbocycles. The summed E-state index contributed by atoms with van der Waals surface area (Å²) in [7, 11) is 1.35. The molecule has 1 atom stereocenters. The number of aromatic nitrogens is 2. The van der Waals surface area contributed by atoms with Crippen LogP contribution in [0.5, 0.6) is 5.75 Å². The van der Waals surface area contributed by atoms with Crippen molar-refractivity contribution < 1.29 is 19.1 Å². The maximum atomic E-state index is 13.3. The second-order valence-corrected chi connectivity index (χ2v) is 10.3. The molecule has 3 aromatic rings. The Hall–Kier alpha value is -3.85. The Bertz CT molecular complexity index is 1440. The molecule has 0 bridgehead atoms. The Kier molecular flexibility index (Phi) is 7.37. The molecule has 38 heavy (non-hydrogen) atoms. The van der Waals surface area contributed by atoms with Gasteiger partial charge in [-0.15, -0.1) is 0 Å². The summed E-state index contributed by atoms with van der Waals surface area (Å²) in [5.41, 5.74) is 4.96. The minimum absolute atomic E-state index is 0.0840. The number of rotatable bonds is 7. The quantitative estimate of drug-likeness (QED) is 0.377. The monoisotopic (exact) mass is 530 g/mol. The summed E-state index contributed by atoms with van der Waals surface area (Å²) in [6.45, 7) is 6.50. The van der Waals surface area contributed by atoms with Gasteiger partial charge in [0.25, 0.3) is 0 Å². The topological polar surface area (TPSA) is 86.0 Å². The van der Waals surface area contributed by atoms with E-state index in [0.29, 0.717) is 40.9 Å². The molecular weight excluding hydrogens is 500 g/mol. The Morgan fingerprint density at radius 2 is 1.95 bits per heavy atom. The lowest BCUT2D eigenvalue weighted by Crippen LogP contribution is -2.45. The second kappa shape index (κ2) is 10.9. The Balaban J connectivity index is 1.72. The fourth-order valence-electron chi connectivity index (χ4n) is 4.76.